The molecule has 0 aliphatic heterocycles. The molecule has 88 valence electrons. The van der Waals surface area contributed by atoms with E-state index < -0.39 is 0 Å². The maximum absolute atomic E-state index is 11.8. The first-order valence-corrected chi connectivity index (χ1v) is 5.10. The minimum absolute atomic E-state index is 0.204. The summed E-state index contributed by atoms with van der Waals surface area (Å²) in [5, 5.41) is 9.07. The van der Waals surface area contributed by atoms with E-state index in [0.717, 1.165) is 5.82 Å². The van der Waals surface area contributed by atoms with Gasteiger partial charge in [-0.2, -0.15) is 5.10 Å². The van der Waals surface area contributed by atoms with Crippen LogP contribution in [0.1, 0.15) is 10.4 Å². The highest BCUT2D eigenvalue weighted by Crippen LogP contribution is 2.10. The van der Waals surface area contributed by atoms with Crippen LogP contribution in [0.4, 0.5) is 11.5 Å². The summed E-state index contributed by atoms with van der Waals surface area (Å²) < 4.78 is 0. The smallest absolute Gasteiger partial charge is 0.257 e. The number of amides is 1. The first-order valence-electron chi connectivity index (χ1n) is 5.10. The number of aromatic amines is 1. The third-order valence-electron chi connectivity index (χ3n) is 2.22. The van der Waals surface area contributed by atoms with Crippen LogP contribution in [-0.2, 0) is 0 Å². The molecular formula is C11H13N5O. The highest BCUT2D eigenvalue weighted by molar-refractivity contribution is 6.03. The van der Waals surface area contributed by atoms with Crippen LogP contribution in [0.5, 0.6) is 0 Å². The molecule has 6 nitrogen and oxygen atoms in total. The van der Waals surface area contributed by atoms with Crippen LogP contribution in [0.3, 0.4) is 0 Å². The van der Waals surface area contributed by atoms with Crippen LogP contribution in [0.25, 0.3) is 0 Å². The van der Waals surface area contributed by atoms with Gasteiger partial charge in [-0.3, -0.25) is 9.89 Å². The zero-order valence-corrected chi connectivity index (χ0v) is 9.64. The van der Waals surface area contributed by atoms with E-state index >= 15 is 0 Å². The van der Waals surface area contributed by atoms with E-state index in [9.17, 15) is 4.79 Å². The van der Waals surface area contributed by atoms with Gasteiger partial charge in [-0.05, 0) is 12.1 Å². The van der Waals surface area contributed by atoms with Crippen molar-refractivity contribution in [1.82, 2.24) is 15.2 Å². The number of nitrogens with zero attached hydrogens (tertiary/aromatic N) is 3. The van der Waals surface area contributed by atoms with Gasteiger partial charge in [0.1, 0.15) is 5.82 Å². The Kier molecular flexibility index (Phi) is 3.04. The van der Waals surface area contributed by atoms with Crippen LogP contribution in [0, 0.1) is 0 Å². The lowest BCUT2D eigenvalue weighted by atomic mass is 10.2. The minimum atomic E-state index is -0.204. The second kappa shape index (κ2) is 4.65. The van der Waals surface area contributed by atoms with Gasteiger partial charge in [0, 0.05) is 26.5 Å². The van der Waals surface area contributed by atoms with Gasteiger partial charge in [-0.1, -0.05) is 0 Å². The SMILES string of the molecule is CN(C)c1ccc(C(=O)Nc2cn[nH]c2)cn1. The fraction of sp³-hybridized carbons (Fsp3) is 0.182. The Balaban J connectivity index is 2.09. The van der Waals surface area contributed by atoms with Crippen LogP contribution >= 0.6 is 0 Å². The third-order valence-corrected chi connectivity index (χ3v) is 2.22. The molecule has 0 aliphatic carbocycles. The molecule has 17 heavy (non-hydrogen) atoms. The lowest BCUT2D eigenvalue weighted by molar-refractivity contribution is 0.102. The predicted molar refractivity (Wildman–Crippen MR) is 65.1 cm³/mol. The largest absolute Gasteiger partial charge is 0.363 e. The molecule has 0 fully saturated rings. The number of hydrogen-bond donors (Lipinski definition) is 2. The van der Waals surface area contributed by atoms with Crippen molar-refractivity contribution in [2.75, 3.05) is 24.3 Å². The van der Waals surface area contributed by atoms with E-state index in [2.05, 4.69) is 20.5 Å². The number of anilines is 2. The van der Waals surface area contributed by atoms with Gasteiger partial charge in [0.2, 0.25) is 0 Å². The molecule has 2 aromatic rings. The average molecular weight is 231 g/mol. The van der Waals surface area contributed by atoms with E-state index in [-0.39, 0.29) is 5.91 Å². The highest BCUT2D eigenvalue weighted by Gasteiger charge is 2.07. The number of nitrogens with one attached hydrogen (secondary N) is 2. The van der Waals surface area contributed by atoms with Gasteiger partial charge in [0.15, 0.2) is 0 Å². The summed E-state index contributed by atoms with van der Waals surface area (Å²) in [7, 11) is 3.79. The molecule has 2 heterocycles. The third kappa shape index (κ3) is 2.60. The number of H-pyrrole nitrogens is 1. The summed E-state index contributed by atoms with van der Waals surface area (Å²) in [6.45, 7) is 0. The number of pyridine rings is 1. The van der Waals surface area contributed by atoms with Gasteiger partial charge in [0.25, 0.3) is 5.91 Å². The van der Waals surface area contributed by atoms with Gasteiger partial charge in [0.05, 0.1) is 17.4 Å². The molecule has 0 bridgehead atoms. The normalized spacial score (nSPS) is 10.0. The predicted octanol–water partition coefficient (Wildman–Crippen LogP) is 1.12. The van der Waals surface area contributed by atoms with Gasteiger partial charge < -0.3 is 10.2 Å². The standard InChI is InChI=1S/C11H13N5O/c1-16(2)10-4-3-8(5-12-10)11(17)15-9-6-13-14-7-9/h3-7H,1-2H3,(H,13,14)(H,15,17). The molecule has 0 saturated heterocycles. The van der Waals surface area contributed by atoms with Crippen LogP contribution < -0.4 is 10.2 Å². The lowest BCUT2D eigenvalue weighted by Crippen LogP contribution is -2.14. The van der Waals surface area contributed by atoms with Gasteiger partial charge in [-0.25, -0.2) is 4.98 Å². The Morgan fingerprint density at radius 1 is 1.35 bits per heavy atom. The van der Waals surface area contributed by atoms with E-state index in [1.165, 1.54) is 0 Å². The molecular weight excluding hydrogens is 218 g/mol. The number of rotatable bonds is 3. The van der Waals surface area contributed by atoms with E-state index in [0.29, 0.717) is 11.3 Å². The van der Waals surface area contributed by atoms with Crippen molar-refractivity contribution in [3.63, 3.8) is 0 Å². The molecule has 6 heteroatoms. The second-order valence-corrected chi connectivity index (χ2v) is 3.74. The number of aromatic nitrogens is 3. The van der Waals surface area contributed by atoms with Crippen molar-refractivity contribution in [3.8, 4) is 0 Å². The second-order valence-electron chi connectivity index (χ2n) is 3.74. The summed E-state index contributed by atoms with van der Waals surface area (Å²) in [4.78, 5) is 17.8. The van der Waals surface area contributed by atoms with Gasteiger partial charge >= 0.3 is 0 Å². The Morgan fingerprint density at radius 2 is 2.18 bits per heavy atom. The van der Waals surface area contributed by atoms with E-state index in [1.54, 1.807) is 30.7 Å². The summed E-state index contributed by atoms with van der Waals surface area (Å²) in [6, 6.07) is 3.53. The maximum Gasteiger partial charge on any atom is 0.257 e. The highest BCUT2D eigenvalue weighted by atomic mass is 16.1. The molecule has 0 spiro atoms. The number of carbonyl (C=O) groups is 1. The van der Waals surface area contributed by atoms with E-state index in [4.69, 9.17) is 0 Å². The van der Waals surface area contributed by atoms with Crippen molar-refractivity contribution in [1.29, 1.82) is 0 Å². The van der Waals surface area contributed by atoms with Crippen LogP contribution in [0.2, 0.25) is 0 Å². The van der Waals surface area contributed by atoms with E-state index in [1.807, 2.05) is 19.0 Å². The monoisotopic (exact) mass is 231 g/mol. The first-order chi connectivity index (χ1) is 8.16. The molecule has 0 atom stereocenters. The summed E-state index contributed by atoms with van der Waals surface area (Å²) >= 11 is 0. The summed E-state index contributed by atoms with van der Waals surface area (Å²) in [5.41, 5.74) is 1.14. The number of hydrogen-bond acceptors (Lipinski definition) is 4. The Labute approximate surface area is 98.7 Å². The molecule has 2 N–H and O–H groups in total. The quantitative estimate of drug-likeness (QED) is 0.830. The fourth-order valence-corrected chi connectivity index (χ4v) is 1.31. The van der Waals surface area contributed by atoms with Crippen molar-refractivity contribution in [3.05, 3.63) is 36.3 Å². The Morgan fingerprint density at radius 3 is 2.71 bits per heavy atom. The maximum atomic E-state index is 11.8. The molecule has 0 unspecified atom stereocenters. The van der Waals surface area contributed by atoms with Crippen LogP contribution in [0.15, 0.2) is 30.7 Å². The molecule has 0 radical (unpaired) electrons. The Bertz CT molecular complexity index is 489. The molecule has 0 aromatic carbocycles. The van der Waals surface area contributed by atoms with Crippen molar-refractivity contribution in [2.24, 2.45) is 0 Å². The summed E-state index contributed by atoms with van der Waals surface area (Å²) in [5.74, 6) is 0.606. The molecule has 2 rings (SSSR count). The fourth-order valence-electron chi connectivity index (χ4n) is 1.31. The van der Waals surface area contributed by atoms with Crippen molar-refractivity contribution in [2.45, 2.75) is 0 Å². The zero-order valence-electron chi connectivity index (χ0n) is 9.64. The van der Waals surface area contributed by atoms with Crippen molar-refractivity contribution >= 4 is 17.4 Å². The minimum Gasteiger partial charge on any atom is -0.363 e. The average Bonchev–Trinajstić information content (AvgIpc) is 2.82. The first kappa shape index (κ1) is 11.1. The Hall–Kier alpha value is -2.37. The summed E-state index contributed by atoms with van der Waals surface area (Å²) in [6.07, 6.45) is 4.70. The lowest BCUT2D eigenvalue weighted by Gasteiger charge is -2.10. The van der Waals surface area contributed by atoms with Crippen molar-refractivity contribution < 1.29 is 4.79 Å². The topological polar surface area (TPSA) is 73.9 Å². The van der Waals surface area contributed by atoms with Gasteiger partial charge in [-0.15, -0.1) is 0 Å². The zero-order chi connectivity index (χ0) is 12.3. The molecule has 0 saturated carbocycles. The molecule has 1 amide bonds. The molecule has 2 aromatic heterocycles. The molecule has 0 aliphatic rings. The van der Waals surface area contributed by atoms with Crippen LogP contribution in [-0.4, -0.2) is 35.2 Å². The number of carbonyl (C=O) groups excluding carboxylic acids is 1.